The first-order valence-corrected chi connectivity index (χ1v) is 13.0. The quantitative estimate of drug-likeness (QED) is 0.144. The summed E-state index contributed by atoms with van der Waals surface area (Å²) >= 11 is -4.75. The number of alkyl halides is 9. The van der Waals surface area contributed by atoms with Crippen LogP contribution in [0.15, 0.2) is 48.5 Å². The van der Waals surface area contributed by atoms with Crippen LogP contribution in [0.25, 0.3) is 0 Å². The second kappa shape index (κ2) is 9.61. The molecule has 20 heteroatoms. The van der Waals surface area contributed by atoms with Gasteiger partial charge in [-0.1, -0.05) is 0 Å². The fraction of sp³-hybridized carbons (Fsp3) is 0.250. The van der Waals surface area contributed by atoms with Crippen molar-refractivity contribution >= 4 is 41.7 Å². The number of nitro benzene ring substituents is 2. The van der Waals surface area contributed by atoms with E-state index in [0.717, 1.165) is 36.4 Å². The molecule has 0 bridgehead atoms. The molecular formula is C16H8F9IN2O7S. The van der Waals surface area contributed by atoms with E-state index >= 15 is 0 Å². The molecule has 0 saturated carbocycles. The fourth-order valence-corrected chi connectivity index (χ4v) is 9.40. The van der Waals surface area contributed by atoms with Gasteiger partial charge in [-0.3, -0.25) is 0 Å². The van der Waals surface area contributed by atoms with Crippen molar-refractivity contribution in [2.24, 2.45) is 0 Å². The van der Waals surface area contributed by atoms with E-state index < -0.39 is 82.0 Å². The molecule has 0 N–H and O–H groups in total. The van der Waals surface area contributed by atoms with Crippen molar-refractivity contribution in [3.8, 4) is 0 Å². The Morgan fingerprint density at radius 3 is 1.44 bits per heavy atom. The fourth-order valence-electron chi connectivity index (χ4n) is 2.23. The second-order valence-corrected chi connectivity index (χ2v) is 12.9. The van der Waals surface area contributed by atoms with Crippen LogP contribution in [-0.2, 0) is 12.6 Å². The van der Waals surface area contributed by atoms with Crippen LogP contribution >= 0.6 is 20.2 Å². The molecule has 0 amide bonds. The van der Waals surface area contributed by atoms with Gasteiger partial charge < -0.3 is 0 Å². The molecule has 0 saturated heterocycles. The average Bonchev–Trinajstić information content (AvgIpc) is 2.76. The van der Waals surface area contributed by atoms with Crippen molar-refractivity contribution in [2.45, 2.75) is 23.3 Å². The van der Waals surface area contributed by atoms with Gasteiger partial charge in [-0.15, -0.1) is 0 Å². The summed E-state index contributed by atoms with van der Waals surface area (Å²) in [5.41, 5.74) is -1.64. The molecule has 2 rings (SSSR count). The predicted octanol–water partition coefficient (Wildman–Crippen LogP) is 5.74. The zero-order valence-corrected chi connectivity index (χ0v) is 19.5. The van der Waals surface area contributed by atoms with Gasteiger partial charge in [0, 0.05) is 0 Å². The molecule has 0 aliphatic rings. The molecule has 0 fully saturated rings. The van der Waals surface area contributed by atoms with Crippen LogP contribution < -0.4 is 0 Å². The summed E-state index contributed by atoms with van der Waals surface area (Å²) in [6.45, 7) is 0. The third kappa shape index (κ3) is 5.19. The molecule has 0 radical (unpaired) electrons. The summed E-state index contributed by atoms with van der Waals surface area (Å²) in [6.07, 6.45) is -7.31. The summed E-state index contributed by atoms with van der Waals surface area (Å²) in [4.78, 5) is 19.9. The number of hydrogen-bond donors (Lipinski definition) is 0. The maximum atomic E-state index is 14.2. The molecule has 0 aromatic heterocycles. The van der Waals surface area contributed by atoms with Gasteiger partial charge in [0.1, 0.15) is 0 Å². The van der Waals surface area contributed by atoms with Crippen molar-refractivity contribution in [2.75, 3.05) is 0 Å². The van der Waals surface area contributed by atoms with Crippen LogP contribution in [-0.4, -0.2) is 41.5 Å². The molecule has 0 aliphatic heterocycles. The third-order valence-electron chi connectivity index (χ3n) is 4.01. The summed E-state index contributed by atoms with van der Waals surface area (Å²) in [7, 11) is -7.36. The predicted molar refractivity (Wildman–Crippen MR) is 109 cm³/mol. The van der Waals surface area contributed by atoms with Gasteiger partial charge in [0.2, 0.25) is 0 Å². The number of non-ortho nitro benzene ring substituents is 2. The van der Waals surface area contributed by atoms with Gasteiger partial charge in [-0.25, -0.2) is 0 Å². The topological polar surface area (TPSA) is 130 Å². The Morgan fingerprint density at radius 2 is 1.11 bits per heavy atom. The Labute approximate surface area is 201 Å². The summed E-state index contributed by atoms with van der Waals surface area (Å²) in [6, 6.07) is 6.02. The van der Waals surface area contributed by atoms with E-state index in [0.29, 0.717) is 12.1 Å². The normalized spacial score (nSPS) is 13.9. The van der Waals surface area contributed by atoms with Crippen LogP contribution in [0.5, 0.6) is 0 Å². The minimum absolute atomic E-state index is 0.528. The molecule has 0 spiro atoms. The van der Waals surface area contributed by atoms with Crippen LogP contribution in [0, 0.1) is 27.4 Å². The van der Waals surface area contributed by atoms with E-state index in [-0.39, 0.29) is 0 Å². The number of hydrogen-bond acceptors (Lipinski definition) is 7. The molecule has 9 nitrogen and oxygen atoms in total. The van der Waals surface area contributed by atoms with Gasteiger partial charge in [0.15, 0.2) is 0 Å². The first-order valence-electron chi connectivity index (χ1n) is 8.51. The molecule has 2 aromatic carbocycles. The summed E-state index contributed by atoms with van der Waals surface area (Å²) in [5.74, 6) is -15.1. The van der Waals surface area contributed by atoms with Gasteiger partial charge >= 0.3 is 201 Å². The third-order valence-corrected chi connectivity index (χ3v) is 11.3. The minimum atomic E-state index is -7.58. The van der Waals surface area contributed by atoms with E-state index in [9.17, 15) is 68.2 Å². The Kier molecular flexibility index (Phi) is 7.87. The van der Waals surface area contributed by atoms with Crippen molar-refractivity contribution in [3.63, 3.8) is 0 Å². The molecule has 0 unspecified atom stereocenters. The number of nitro groups is 2. The Balaban J connectivity index is 2.71. The Hall–Kier alpha value is -2.75. The van der Waals surface area contributed by atoms with Crippen LogP contribution in [0.3, 0.4) is 0 Å². The first kappa shape index (κ1) is 29.5. The van der Waals surface area contributed by atoms with E-state index in [1.165, 1.54) is 0 Å². The first-order chi connectivity index (χ1) is 16.2. The zero-order chi connectivity index (χ0) is 27.9. The van der Waals surface area contributed by atoms with Gasteiger partial charge in [0.25, 0.3) is 0 Å². The number of rotatable bonds is 9. The molecular weight excluding hydrogens is 662 g/mol. The number of nitrogens with zero attached hydrogens (tertiary/aromatic N) is 2. The van der Waals surface area contributed by atoms with Crippen molar-refractivity contribution in [1.82, 2.24) is 0 Å². The van der Waals surface area contributed by atoms with Gasteiger partial charge in [0.05, 0.1) is 0 Å². The van der Waals surface area contributed by atoms with E-state index in [4.69, 9.17) is 0 Å². The standard InChI is InChI=1S/C16H8F9IN2O7S/c17-13(18,15(21,22)23)14(19,20)16(24,25)36(33,34)35-26(9-3-1-5-11(7-9)27(29)30)10-4-2-6-12(8-10)28(31)32/h1-8H. The molecule has 2 aromatic rings. The summed E-state index contributed by atoms with van der Waals surface area (Å²) < 4.78 is 146. The summed E-state index contributed by atoms with van der Waals surface area (Å²) in [5, 5.41) is 14.8. The Morgan fingerprint density at radius 1 is 0.722 bits per heavy atom. The van der Waals surface area contributed by atoms with Crippen molar-refractivity contribution in [1.29, 1.82) is 0 Å². The molecule has 200 valence electrons. The molecule has 0 aliphatic carbocycles. The SMILES string of the molecule is O=[N+]([O-])c1cccc(I(OS(=O)(=O)C(F)(F)C(F)(F)C(F)(F)C(F)(F)F)c2cccc([N+](=O)[O-])c2)c1. The average molecular weight is 670 g/mol. The molecule has 36 heavy (non-hydrogen) atoms. The van der Waals surface area contributed by atoms with Crippen molar-refractivity contribution < 1.29 is 60.3 Å². The molecule has 0 atom stereocenters. The van der Waals surface area contributed by atoms with E-state index in [1.54, 1.807) is 0 Å². The Bertz CT molecular complexity index is 1230. The number of halogens is 10. The van der Waals surface area contributed by atoms with Gasteiger partial charge in [-0.05, 0) is 0 Å². The van der Waals surface area contributed by atoms with Gasteiger partial charge in [-0.2, -0.15) is 0 Å². The van der Waals surface area contributed by atoms with Crippen LogP contribution in [0.1, 0.15) is 0 Å². The van der Waals surface area contributed by atoms with Crippen LogP contribution in [0.4, 0.5) is 50.9 Å². The number of benzene rings is 2. The second-order valence-electron chi connectivity index (χ2n) is 6.40. The van der Waals surface area contributed by atoms with E-state index in [1.807, 2.05) is 0 Å². The molecule has 0 heterocycles. The van der Waals surface area contributed by atoms with Crippen molar-refractivity contribution in [3.05, 3.63) is 75.9 Å². The van der Waals surface area contributed by atoms with E-state index in [2.05, 4.69) is 2.51 Å². The monoisotopic (exact) mass is 670 g/mol. The zero-order valence-electron chi connectivity index (χ0n) is 16.6. The maximum absolute atomic E-state index is 14.2. The van der Waals surface area contributed by atoms with Crippen LogP contribution in [0.2, 0.25) is 0 Å².